The summed E-state index contributed by atoms with van der Waals surface area (Å²) in [6, 6.07) is 10.3. The highest BCUT2D eigenvalue weighted by molar-refractivity contribution is 5.79. The zero-order valence-electron chi connectivity index (χ0n) is 11.0. The molecule has 2 rings (SSSR count). The molecule has 3 heteroatoms. The van der Waals surface area contributed by atoms with Crippen LogP contribution in [0, 0.1) is 6.92 Å². The first-order valence-electron chi connectivity index (χ1n) is 6.46. The van der Waals surface area contributed by atoms with Crippen LogP contribution in [-0.4, -0.2) is 23.2 Å². The van der Waals surface area contributed by atoms with Gasteiger partial charge in [-0.3, -0.25) is 4.98 Å². The van der Waals surface area contributed by atoms with E-state index in [1.54, 1.807) is 0 Å². The molecule has 0 saturated carbocycles. The minimum atomic E-state index is 0.00986. The second-order valence-electron chi connectivity index (χ2n) is 4.59. The number of rotatable bonds is 5. The quantitative estimate of drug-likeness (QED) is 0.849. The van der Waals surface area contributed by atoms with Gasteiger partial charge >= 0.3 is 0 Å². The SMILES string of the molecule is CCCNC(CO)c1ccc2nc(C)ccc2c1. The van der Waals surface area contributed by atoms with E-state index in [0.29, 0.717) is 0 Å². The summed E-state index contributed by atoms with van der Waals surface area (Å²) in [7, 11) is 0. The van der Waals surface area contributed by atoms with Gasteiger partial charge in [0.1, 0.15) is 0 Å². The van der Waals surface area contributed by atoms with Gasteiger partial charge in [0.05, 0.1) is 18.2 Å². The maximum atomic E-state index is 9.44. The maximum absolute atomic E-state index is 9.44. The molecule has 1 aromatic heterocycles. The van der Waals surface area contributed by atoms with Crippen molar-refractivity contribution in [2.75, 3.05) is 13.2 Å². The van der Waals surface area contributed by atoms with Crippen LogP contribution in [0.5, 0.6) is 0 Å². The van der Waals surface area contributed by atoms with Crippen molar-refractivity contribution in [2.24, 2.45) is 0 Å². The normalized spacial score (nSPS) is 12.8. The van der Waals surface area contributed by atoms with Gasteiger partial charge in [-0.2, -0.15) is 0 Å². The number of nitrogens with one attached hydrogen (secondary N) is 1. The van der Waals surface area contributed by atoms with Gasteiger partial charge < -0.3 is 10.4 Å². The fraction of sp³-hybridized carbons (Fsp3) is 0.400. The van der Waals surface area contributed by atoms with E-state index in [0.717, 1.165) is 35.1 Å². The summed E-state index contributed by atoms with van der Waals surface area (Å²) in [5.74, 6) is 0. The monoisotopic (exact) mass is 244 g/mol. The number of aryl methyl sites for hydroxylation is 1. The molecule has 2 aromatic rings. The number of aromatic nitrogens is 1. The molecule has 1 aromatic carbocycles. The predicted octanol–water partition coefficient (Wildman–Crippen LogP) is 2.58. The number of aliphatic hydroxyl groups is 1. The Bertz CT molecular complexity index is 525. The molecule has 0 spiro atoms. The standard InChI is InChI=1S/C15H20N2O/c1-3-8-16-15(10-18)13-6-7-14-12(9-13)5-4-11(2)17-14/h4-7,9,15-16,18H,3,8,10H2,1-2H3. The lowest BCUT2D eigenvalue weighted by molar-refractivity contribution is 0.245. The average Bonchev–Trinajstić information content (AvgIpc) is 2.39. The Morgan fingerprint density at radius 2 is 2.11 bits per heavy atom. The zero-order valence-corrected chi connectivity index (χ0v) is 11.0. The third-order valence-corrected chi connectivity index (χ3v) is 3.08. The Kier molecular flexibility index (Phi) is 4.28. The second kappa shape index (κ2) is 5.94. The van der Waals surface area contributed by atoms with Gasteiger partial charge in [0.2, 0.25) is 0 Å². The third kappa shape index (κ3) is 2.86. The minimum absolute atomic E-state index is 0.00986. The van der Waals surface area contributed by atoms with Crippen LogP contribution in [0.2, 0.25) is 0 Å². The molecule has 0 aliphatic carbocycles. The molecular formula is C15H20N2O. The van der Waals surface area contributed by atoms with Gasteiger partial charge in [-0.05, 0) is 43.7 Å². The van der Waals surface area contributed by atoms with E-state index in [-0.39, 0.29) is 12.6 Å². The Hall–Kier alpha value is -1.45. The van der Waals surface area contributed by atoms with Crippen molar-refractivity contribution in [1.29, 1.82) is 0 Å². The summed E-state index contributed by atoms with van der Waals surface area (Å²) in [5, 5.41) is 13.9. The number of nitrogens with zero attached hydrogens (tertiary/aromatic N) is 1. The van der Waals surface area contributed by atoms with E-state index < -0.39 is 0 Å². The molecule has 1 unspecified atom stereocenters. The Balaban J connectivity index is 2.30. The second-order valence-corrected chi connectivity index (χ2v) is 4.59. The highest BCUT2D eigenvalue weighted by Gasteiger charge is 2.09. The summed E-state index contributed by atoms with van der Waals surface area (Å²) < 4.78 is 0. The van der Waals surface area contributed by atoms with Crippen LogP contribution in [0.3, 0.4) is 0 Å². The summed E-state index contributed by atoms with van der Waals surface area (Å²) in [5.41, 5.74) is 3.15. The van der Waals surface area contributed by atoms with E-state index in [4.69, 9.17) is 0 Å². The van der Waals surface area contributed by atoms with Crippen molar-refractivity contribution in [1.82, 2.24) is 10.3 Å². The molecule has 96 valence electrons. The highest BCUT2D eigenvalue weighted by Crippen LogP contribution is 2.19. The van der Waals surface area contributed by atoms with Crippen molar-refractivity contribution < 1.29 is 5.11 Å². The van der Waals surface area contributed by atoms with Crippen LogP contribution in [0.25, 0.3) is 10.9 Å². The molecule has 0 fully saturated rings. The fourth-order valence-corrected chi connectivity index (χ4v) is 2.07. The van der Waals surface area contributed by atoms with E-state index in [1.807, 2.05) is 25.1 Å². The Labute approximate surface area is 108 Å². The Morgan fingerprint density at radius 3 is 2.83 bits per heavy atom. The molecule has 0 amide bonds. The largest absolute Gasteiger partial charge is 0.394 e. The van der Waals surface area contributed by atoms with Gasteiger partial charge in [0.15, 0.2) is 0 Å². The lowest BCUT2D eigenvalue weighted by atomic mass is 10.0. The molecular weight excluding hydrogens is 224 g/mol. The molecule has 2 N–H and O–H groups in total. The van der Waals surface area contributed by atoms with Crippen LogP contribution in [0.4, 0.5) is 0 Å². The van der Waals surface area contributed by atoms with Crippen LogP contribution in [0.15, 0.2) is 30.3 Å². The molecule has 0 radical (unpaired) electrons. The number of benzene rings is 1. The lowest BCUT2D eigenvalue weighted by Crippen LogP contribution is -2.25. The zero-order chi connectivity index (χ0) is 13.0. The summed E-state index contributed by atoms with van der Waals surface area (Å²) in [6.45, 7) is 5.14. The number of hydrogen-bond acceptors (Lipinski definition) is 3. The molecule has 1 atom stereocenters. The van der Waals surface area contributed by atoms with E-state index in [2.05, 4.69) is 29.4 Å². The Morgan fingerprint density at radius 1 is 1.28 bits per heavy atom. The van der Waals surface area contributed by atoms with Crippen LogP contribution < -0.4 is 5.32 Å². The molecule has 0 bridgehead atoms. The van der Waals surface area contributed by atoms with Crippen molar-refractivity contribution >= 4 is 10.9 Å². The average molecular weight is 244 g/mol. The van der Waals surface area contributed by atoms with Gasteiger partial charge in [0.25, 0.3) is 0 Å². The van der Waals surface area contributed by atoms with Crippen molar-refractivity contribution in [3.63, 3.8) is 0 Å². The van der Waals surface area contributed by atoms with Crippen LogP contribution in [-0.2, 0) is 0 Å². The predicted molar refractivity (Wildman–Crippen MR) is 74.6 cm³/mol. The van der Waals surface area contributed by atoms with Crippen molar-refractivity contribution in [3.8, 4) is 0 Å². The third-order valence-electron chi connectivity index (χ3n) is 3.08. The summed E-state index contributed by atoms with van der Waals surface area (Å²) >= 11 is 0. The number of fused-ring (bicyclic) bond motifs is 1. The first-order valence-corrected chi connectivity index (χ1v) is 6.46. The smallest absolute Gasteiger partial charge is 0.0705 e. The van der Waals surface area contributed by atoms with Gasteiger partial charge in [0, 0.05) is 11.1 Å². The van der Waals surface area contributed by atoms with Gasteiger partial charge in [-0.15, -0.1) is 0 Å². The first-order chi connectivity index (χ1) is 8.74. The first kappa shape index (κ1) is 13.0. The number of hydrogen-bond donors (Lipinski definition) is 2. The number of pyridine rings is 1. The maximum Gasteiger partial charge on any atom is 0.0705 e. The van der Waals surface area contributed by atoms with Crippen molar-refractivity contribution in [3.05, 3.63) is 41.6 Å². The van der Waals surface area contributed by atoms with Gasteiger partial charge in [-0.25, -0.2) is 0 Å². The molecule has 0 aliphatic heterocycles. The topological polar surface area (TPSA) is 45.1 Å². The highest BCUT2D eigenvalue weighted by atomic mass is 16.3. The number of aliphatic hydroxyl groups excluding tert-OH is 1. The summed E-state index contributed by atoms with van der Waals surface area (Å²) in [6.07, 6.45) is 1.06. The minimum Gasteiger partial charge on any atom is -0.394 e. The molecule has 0 aliphatic rings. The molecule has 1 heterocycles. The molecule has 0 saturated heterocycles. The van der Waals surface area contributed by atoms with E-state index in [1.165, 1.54) is 0 Å². The van der Waals surface area contributed by atoms with Crippen molar-refractivity contribution in [2.45, 2.75) is 26.3 Å². The van der Waals surface area contributed by atoms with E-state index in [9.17, 15) is 5.11 Å². The fourth-order valence-electron chi connectivity index (χ4n) is 2.07. The van der Waals surface area contributed by atoms with Crippen LogP contribution in [0.1, 0.15) is 30.6 Å². The lowest BCUT2D eigenvalue weighted by Gasteiger charge is -2.16. The van der Waals surface area contributed by atoms with Crippen LogP contribution >= 0.6 is 0 Å². The molecule has 3 nitrogen and oxygen atoms in total. The molecule has 18 heavy (non-hydrogen) atoms. The van der Waals surface area contributed by atoms with Gasteiger partial charge in [-0.1, -0.05) is 19.1 Å². The van der Waals surface area contributed by atoms with E-state index >= 15 is 0 Å². The summed E-state index contributed by atoms with van der Waals surface area (Å²) in [4.78, 5) is 4.48.